The first-order valence-corrected chi connectivity index (χ1v) is 20.4. The third kappa shape index (κ3) is 37.9. The van der Waals surface area contributed by atoms with Crippen LogP contribution in [0, 0.1) is 0 Å². The Hall–Kier alpha value is -3.15. The molecule has 51 heavy (non-hydrogen) atoms. The van der Waals surface area contributed by atoms with Gasteiger partial charge in [-0.15, -0.1) is 0 Å². The van der Waals surface area contributed by atoms with Crippen LogP contribution in [0.25, 0.3) is 0 Å². The van der Waals surface area contributed by atoms with Crippen LogP contribution in [0.1, 0.15) is 175 Å². The van der Waals surface area contributed by atoms with Gasteiger partial charge < -0.3 is 14.2 Å². The number of ether oxygens (including phenoxy) is 3. The fraction of sp³-hybridized carbons (Fsp3) is 0.667. The molecule has 0 aliphatic carbocycles. The summed E-state index contributed by atoms with van der Waals surface area (Å²) in [5, 5.41) is 0. The van der Waals surface area contributed by atoms with Crippen LogP contribution in [0.3, 0.4) is 0 Å². The third-order valence-electron chi connectivity index (χ3n) is 8.21. The molecule has 0 aromatic carbocycles. The second-order valence-electron chi connectivity index (χ2n) is 13.1. The minimum Gasteiger partial charge on any atom is -0.462 e. The first kappa shape index (κ1) is 47.8. The lowest BCUT2D eigenvalue weighted by molar-refractivity contribution is -0.166. The van der Waals surface area contributed by atoms with Crippen molar-refractivity contribution in [3.63, 3.8) is 0 Å². The van der Waals surface area contributed by atoms with Crippen molar-refractivity contribution in [2.24, 2.45) is 0 Å². The van der Waals surface area contributed by atoms with Crippen LogP contribution in [0.4, 0.5) is 0 Å². The molecule has 0 saturated carbocycles. The molecular formula is C45H74O6. The number of hydrogen-bond donors (Lipinski definition) is 0. The predicted octanol–water partition coefficient (Wildman–Crippen LogP) is 12.7. The number of carbonyl (C=O) groups is 3. The fourth-order valence-electron chi connectivity index (χ4n) is 5.17. The molecule has 0 radical (unpaired) electrons. The van der Waals surface area contributed by atoms with Gasteiger partial charge in [0.15, 0.2) is 6.10 Å². The minimum absolute atomic E-state index is 0.112. The maximum atomic E-state index is 12.6. The molecular weight excluding hydrogens is 636 g/mol. The lowest BCUT2D eigenvalue weighted by Crippen LogP contribution is -2.30. The van der Waals surface area contributed by atoms with E-state index in [-0.39, 0.29) is 31.6 Å². The smallest absolute Gasteiger partial charge is 0.309 e. The van der Waals surface area contributed by atoms with Crippen molar-refractivity contribution in [3.05, 3.63) is 72.9 Å². The van der Waals surface area contributed by atoms with Crippen molar-refractivity contribution in [3.8, 4) is 0 Å². The molecule has 6 heteroatoms. The predicted molar refractivity (Wildman–Crippen MR) is 214 cm³/mol. The normalized spacial score (nSPS) is 12.8. The fourth-order valence-corrected chi connectivity index (χ4v) is 5.17. The molecule has 290 valence electrons. The number of unbranched alkanes of at least 4 members (excludes halogenated alkanes) is 13. The van der Waals surface area contributed by atoms with E-state index in [4.69, 9.17) is 14.2 Å². The Labute approximate surface area is 312 Å². The van der Waals surface area contributed by atoms with Gasteiger partial charge in [0.1, 0.15) is 13.2 Å². The summed E-state index contributed by atoms with van der Waals surface area (Å²) in [6, 6.07) is 0. The van der Waals surface area contributed by atoms with Gasteiger partial charge in [-0.25, -0.2) is 0 Å². The summed E-state index contributed by atoms with van der Waals surface area (Å²) in [6.45, 7) is 6.22. The monoisotopic (exact) mass is 711 g/mol. The van der Waals surface area contributed by atoms with E-state index in [1.807, 2.05) is 6.08 Å². The highest BCUT2D eigenvalue weighted by Crippen LogP contribution is 2.12. The Morgan fingerprint density at radius 2 is 0.843 bits per heavy atom. The van der Waals surface area contributed by atoms with Crippen molar-refractivity contribution < 1.29 is 28.6 Å². The van der Waals surface area contributed by atoms with E-state index in [0.717, 1.165) is 96.3 Å². The lowest BCUT2D eigenvalue weighted by atomic mass is 10.1. The Balaban J connectivity index is 4.46. The van der Waals surface area contributed by atoms with E-state index < -0.39 is 12.1 Å². The first-order chi connectivity index (χ1) is 25.0. The first-order valence-electron chi connectivity index (χ1n) is 20.4. The summed E-state index contributed by atoms with van der Waals surface area (Å²) in [5.41, 5.74) is 0. The van der Waals surface area contributed by atoms with Crippen LogP contribution in [0.2, 0.25) is 0 Å². The standard InChI is InChI=1S/C45H74O6/c1-4-7-10-13-16-19-21-22-23-24-27-29-32-35-38-44(47)50-41-42(40-49-43(46)37-34-31-28-25-18-15-12-9-6-3)51-45(48)39-36-33-30-26-20-17-14-11-8-5-2/h7,9-10,12,14,16-19,25,31,34,42H,4-6,8,11,13,15,20-24,26-30,32-33,35-41H2,1-3H3/b10-7-,12-9-,17-14-,19-16-,25-18-,34-31-. The summed E-state index contributed by atoms with van der Waals surface area (Å²) in [5.74, 6) is -1.08. The molecule has 0 aliphatic heterocycles. The van der Waals surface area contributed by atoms with Crippen molar-refractivity contribution in [1.82, 2.24) is 0 Å². The topological polar surface area (TPSA) is 78.9 Å². The molecule has 1 atom stereocenters. The van der Waals surface area contributed by atoms with Gasteiger partial charge in [0, 0.05) is 12.8 Å². The van der Waals surface area contributed by atoms with Gasteiger partial charge >= 0.3 is 17.9 Å². The Morgan fingerprint density at radius 3 is 1.39 bits per heavy atom. The highest BCUT2D eigenvalue weighted by Gasteiger charge is 2.19. The molecule has 0 aliphatic rings. The van der Waals surface area contributed by atoms with E-state index in [2.05, 4.69) is 81.5 Å². The molecule has 1 unspecified atom stereocenters. The van der Waals surface area contributed by atoms with Crippen LogP contribution in [0.5, 0.6) is 0 Å². The minimum atomic E-state index is -0.815. The van der Waals surface area contributed by atoms with Gasteiger partial charge in [0.05, 0.1) is 6.42 Å². The Bertz CT molecular complexity index is 1000. The summed E-state index contributed by atoms with van der Waals surface area (Å²) in [7, 11) is 0. The number of carbonyl (C=O) groups excluding carboxylic acids is 3. The molecule has 0 fully saturated rings. The van der Waals surface area contributed by atoms with E-state index in [0.29, 0.717) is 12.8 Å². The summed E-state index contributed by atoms with van der Waals surface area (Å²) >= 11 is 0. The molecule has 0 aromatic heterocycles. The highest BCUT2D eigenvalue weighted by atomic mass is 16.6. The van der Waals surface area contributed by atoms with Gasteiger partial charge in [0.2, 0.25) is 0 Å². The molecule has 0 spiro atoms. The zero-order chi connectivity index (χ0) is 37.3. The molecule has 0 saturated heterocycles. The molecule has 0 N–H and O–H groups in total. The van der Waals surface area contributed by atoms with Crippen molar-refractivity contribution in [1.29, 1.82) is 0 Å². The van der Waals surface area contributed by atoms with Gasteiger partial charge in [-0.05, 0) is 77.0 Å². The van der Waals surface area contributed by atoms with Crippen molar-refractivity contribution in [2.75, 3.05) is 13.2 Å². The van der Waals surface area contributed by atoms with Crippen LogP contribution in [-0.4, -0.2) is 37.2 Å². The van der Waals surface area contributed by atoms with Gasteiger partial charge in [0.25, 0.3) is 0 Å². The molecule has 0 heterocycles. The maximum absolute atomic E-state index is 12.6. The molecule has 0 aromatic rings. The second-order valence-corrected chi connectivity index (χ2v) is 13.1. The van der Waals surface area contributed by atoms with Crippen LogP contribution in [-0.2, 0) is 28.6 Å². The van der Waals surface area contributed by atoms with E-state index >= 15 is 0 Å². The Kier molecular flexibility index (Phi) is 37.2. The average Bonchev–Trinajstić information content (AvgIpc) is 3.12. The quantitative estimate of drug-likeness (QED) is 0.0282. The number of allylic oxidation sites excluding steroid dienone is 11. The van der Waals surface area contributed by atoms with Crippen LogP contribution < -0.4 is 0 Å². The van der Waals surface area contributed by atoms with Crippen molar-refractivity contribution in [2.45, 2.75) is 181 Å². The molecule has 0 rings (SSSR count). The molecule has 6 nitrogen and oxygen atoms in total. The number of esters is 3. The third-order valence-corrected chi connectivity index (χ3v) is 8.21. The summed E-state index contributed by atoms with van der Waals surface area (Å²) < 4.78 is 16.5. The van der Waals surface area contributed by atoms with Gasteiger partial charge in [-0.1, -0.05) is 151 Å². The van der Waals surface area contributed by atoms with E-state index in [1.165, 1.54) is 38.5 Å². The van der Waals surface area contributed by atoms with E-state index in [9.17, 15) is 14.4 Å². The average molecular weight is 711 g/mol. The lowest BCUT2D eigenvalue weighted by Gasteiger charge is -2.18. The SMILES string of the molecule is CC/C=C\C/C=C\C/C=C\CC(=O)OCC(COC(=O)CCCCCCCCC/C=C\C/C=C\CC)OC(=O)CCCCCC/C=C\CCCC. The van der Waals surface area contributed by atoms with Crippen LogP contribution >= 0.6 is 0 Å². The zero-order valence-corrected chi connectivity index (χ0v) is 32.8. The maximum Gasteiger partial charge on any atom is 0.309 e. The number of hydrogen-bond acceptors (Lipinski definition) is 6. The van der Waals surface area contributed by atoms with Gasteiger partial charge in [-0.2, -0.15) is 0 Å². The summed E-state index contributed by atoms with van der Waals surface area (Å²) in [6.07, 6.45) is 47.8. The van der Waals surface area contributed by atoms with E-state index in [1.54, 1.807) is 6.08 Å². The molecule has 0 bridgehead atoms. The zero-order valence-electron chi connectivity index (χ0n) is 32.8. The van der Waals surface area contributed by atoms with Gasteiger partial charge in [-0.3, -0.25) is 14.4 Å². The van der Waals surface area contributed by atoms with Crippen LogP contribution in [0.15, 0.2) is 72.9 Å². The molecule has 0 amide bonds. The largest absolute Gasteiger partial charge is 0.462 e. The highest BCUT2D eigenvalue weighted by molar-refractivity contribution is 5.72. The second kappa shape index (κ2) is 39.6. The summed E-state index contributed by atoms with van der Waals surface area (Å²) in [4.78, 5) is 37.4. The Morgan fingerprint density at radius 1 is 0.431 bits per heavy atom. The van der Waals surface area contributed by atoms with Crippen molar-refractivity contribution >= 4 is 17.9 Å². The number of rotatable bonds is 35.